The van der Waals surface area contributed by atoms with Crippen LogP contribution in [0, 0.1) is 11.8 Å². The molecule has 0 radical (unpaired) electrons. The lowest BCUT2D eigenvalue weighted by Gasteiger charge is -2.27. The van der Waals surface area contributed by atoms with Crippen LogP contribution < -0.4 is 27.4 Å². The van der Waals surface area contributed by atoms with Gasteiger partial charge in [-0.05, 0) is 24.7 Å². The first-order valence-electron chi connectivity index (χ1n) is 11.1. The van der Waals surface area contributed by atoms with Gasteiger partial charge < -0.3 is 37.6 Å². The summed E-state index contributed by atoms with van der Waals surface area (Å²) in [6, 6.07) is -4.79. The number of nitrogens with two attached hydrogens (primary N) is 2. The molecular weight excluding hydrogens is 450 g/mol. The van der Waals surface area contributed by atoms with Crippen molar-refractivity contribution in [1.82, 2.24) is 16.0 Å². The van der Waals surface area contributed by atoms with Crippen LogP contribution in [0.3, 0.4) is 0 Å². The van der Waals surface area contributed by atoms with Gasteiger partial charge in [-0.15, -0.1) is 0 Å². The molecule has 0 aliphatic rings. The average molecular weight is 488 g/mol. The number of nitrogens with one attached hydrogen (secondary N) is 3. The predicted octanol–water partition coefficient (Wildman–Crippen LogP) is -1.31. The van der Waals surface area contributed by atoms with E-state index in [9.17, 15) is 33.9 Å². The number of hydrogen-bond acceptors (Lipinski definition) is 7. The van der Waals surface area contributed by atoms with Gasteiger partial charge in [0.1, 0.15) is 18.1 Å². The van der Waals surface area contributed by atoms with Crippen LogP contribution in [0.2, 0.25) is 0 Å². The molecule has 0 spiro atoms. The Morgan fingerprint density at radius 1 is 0.794 bits per heavy atom. The Morgan fingerprint density at radius 3 is 1.79 bits per heavy atom. The highest BCUT2D eigenvalue weighted by Gasteiger charge is 2.33. The summed E-state index contributed by atoms with van der Waals surface area (Å²) in [5.41, 5.74) is 10.8. The molecule has 0 rings (SSSR count). The van der Waals surface area contributed by atoms with E-state index >= 15 is 0 Å². The third-order valence-corrected chi connectivity index (χ3v) is 5.34. The van der Waals surface area contributed by atoms with Crippen molar-refractivity contribution in [3.05, 3.63) is 0 Å². The van der Waals surface area contributed by atoms with Crippen LogP contribution in [0.4, 0.5) is 0 Å². The first-order chi connectivity index (χ1) is 15.7. The highest BCUT2D eigenvalue weighted by molar-refractivity contribution is 5.94. The Hall–Kier alpha value is -3.22. The molecule has 0 aliphatic heterocycles. The summed E-state index contributed by atoms with van der Waals surface area (Å²) in [6.07, 6.45) is -0.430. The van der Waals surface area contributed by atoms with E-state index in [0.717, 1.165) is 0 Å². The second kappa shape index (κ2) is 14.8. The molecule has 0 heterocycles. The minimum absolute atomic E-state index is 0.135. The van der Waals surface area contributed by atoms with Gasteiger partial charge in [0.2, 0.25) is 23.6 Å². The van der Waals surface area contributed by atoms with Crippen molar-refractivity contribution in [2.24, 2.45) is 23.3 Å². The number of carbonyl (C=O) groups is 6. The van der Waals surface area contributed by atoms with Gasteiger partial charge in [-0.25, -0.2) is 4.79 Å². The van der Waals surface area contributed by atoms with Crippen LogP contribution in [0.15, 0.2) is 0 Å². The maximum Gasteiger partial charge on any atom is 0.326 e. The standard InChI is InChI=1S/C21H37N5O8/c1-5-11(4)17(21(33)34)26-19(31)13(7-8-14(23)27)24-20(32)16(10(2)3)25-18(30)12(22)6-9-15(28)29/h10-13,16-17H,5-9,22H2,1-4H3,(H2,23,27)(H,24,32)(H,25,30)(H,26,31)(H,28,29)(H,33,34). The normalized spacial score (nSPS) is 15.4. The Balaban J connectivity index is 5.52. The van der Waals surface area contributed by atoms with Crippen molar-refractivity contribution in [2.75, 3.05) is 0 Å². The molecule has 0 fully saturated rings. The molecule has 0 aliphatic carbocycles. The Morgan fingerprint density at radius 2 is 1.35 bits per heavy atom. The molecule has 0 bridgehead atoms. The highest BCUT2D eigenvalue weighted by Crippen LogP contribution is 2.10. The van der Waals surface area contributed by atoms with Crippen LogP contribution in [0.25, 0.3) is 0 Å². The van der Waals surface area contributed by atoms with Gasteiger partial charge in [0.25, 0.3) is 0 Å². The van der Waals surface area contributed by atoms with E-state index in [0.29, 0.717) is 6.42 Å². The zero-order valence-corrected chi connectivity index (χ0v) is 20.0. The predicted molar refractivity (Wildman–Crippen MR) is 121 cm³/mol. The molecule has 0 saturated heterocycles. The largest absolute Gasteiger partial charge is 0.481 e. The number of carboxylic acid groups (broad SMARTS) is 2. The number of amides is 4. The molecule has 5 atom stereocenters. The van der Waals surface area contributed by atoms with Crippen molar-refractivity contribution in [3.63, 3.8) is 0 Å². The summed E-state index contributed by atoms with van der Waals surface area (Å²) in [7, 11) is 0. The van der Waals surface area contributed by atoms with Crippen molar-refractivity contribution >= 4 is 35.6 Å². The second-order valence-corrected chi connectivity index (χ2v) is 8.55. The fourth-order valence-electron chi connectivity index (χ4n) is 2.96. The molecule has 9 N–H and O–H groups in total. The van der Waals surface area contributed by atoms with Crippen LogP contribution in [0.1, 0.15) is 59.8 Å². The van der Waals surface area contributed by atoms with E-state index in [1.807, 2.05) is 0 Å². The second-order valence-electron chi connectivity index (χ2n) is 8.55. The zero-order valence-electron chi connectivity index (χ0n) is 20.0. The van der Waals surface area contributed by atoms with Crippen molar-refractivity contribution in [1.29, 1.82) is 0 Å². The fourth-order valence-corrected chi connectivity index (χ4v) is 2.96. The molecule has 0 aromatic carbocycles. The van der Waals surface area contributed by atoms with E-state index in [-0.39, 0.29) is 25.7 Å². The Bertz CT molecular complexity index is 757. The topological polar surface area (TPSA) is 231 Å². The van der Waals surface area contributed by atoms with E-state index in [1.165, 1.54) is 0 Å². The summed E-state index contributed by atoms with van der Waals surface area (Å²) < 4.78 is 0. The van der Waals surface area contributed by atoms with E-state index in [1.54, 1.807) is 27.7 Å². The number of aliphatic carboxylic acids is 2. The summed E-state index contributed by atoms with van der Waals surface area (Å²) in [4.78, 5) is 71.5. The quantitative estimate of drug-likeness (QED) is 0.137. The van der Waals surface area contributed by atoms with Gasteiger partial charge in [0.15, 0.2) is 0 Å². The Labute approximate surface area is 198 Å². The van der Waals surface area contributed by atoms with Crippen molar-refractivity contribution in [2.45, 2.75) is 84.0 Å². The van der Waals surface area contributed by atoms with E-state index in [2.05, 4.69) is 16.0 Å². The number of carbonyl (C=O) groups excluding carboxylic acids is 4. The maximum absolute atomic E-state index is 12.9. The van der Waals surface area contributed by atoms with Gasteiger partial charge in [0.05, 0.1) is 6.04 Å². The van der Waals surface area contributed by atoms with Gasteiger partial charge in [-0.3, -0.25) is 24.0 Å². The van der Waals surface area contributed by atoms with Gasteiger partial charge in [0, 0.05) is 12.8 Å². The lowest BCUT2D eigenvalue weighted by atomic mass is 9.98. The first kappa shape index (κ1) is 30.8. The number of primary amides is 1. The van der Waals surface area contributed by atoms with Crippen molar-refractivity contribution < 1.29 is 39.0 Å². The zero-order chi connectivity index (χ0) is 26.6. The molecular formula is C21H37N5O8. The summed E-state index contributed by atoms with van der Waals surface area (Å²) in [6.45, 7) is 6.68. The molecule has 13 nitrogen and oxygen atoms in total. The molecule has 194 valence electrons. The average Bonchev–Trinajstić information content (AvgIpc) is 2.74. The SMILES string of the molecule is CCC(C)C(NC(=O)C(CCC(N)=O)NC(=O)C(NC(=O)C(N)CCC(=O)O)C(C)C)C(=O)O. The lowest BCUT2D eigenvalue weighted by molar-refractivity contribution is -0.144. The Kier molecular flexibility index (Phi) is 13.4. The molecule has 34 heavy (non-hydrogen) atoms. The van der Waals surface area contributed by atoms with Crippen LogP contribution in [-0.4, -0.2) is 69.9 Å². The van der Waals surface area contributed by atoms with Crippen molar-refractivity contribution in [3.8, 4) is 0 Å². The van der Waals surface area contributed by atoms with Crippen LogP contribution in [0.5, 0.6) is 0 Å². The highest BCUT2D eigenvalue weighted by atomic mass is 16.4. The summed E-state index contributed by atoms with van der Waals surface area (Å²) in [5, 5.41) is 25.4. The van der Waals surface area contributed by atoms with E-state index < -0.39 is 71.6 Å². The monoisotopic (exact) mass is 487 g/mol. The van der Waals surface area contributed by atoms with Gasteiger partial charge >= 0.3 is 11.9 Å². The van der Waals surface area contributed by atoms with Gasteiger partial charge in [-0.1, -0.05) is 34.1 Å². The number of rotatable bonds is 16. The summed E-state index contributed by atoms with van der Waals surface area (Å²) in [5.74, 6) is -6.24. The van der Waals surface area contributed by atoms with E-state index in [4.69, 9.17) is 16.6 Å². The van der Waals surface area contributed by atoms with Gasteiger partial charge in [-0.2, -0.15) is 0 Å². The summed E-state index contributed by atoms with van der Waals surface area (Å²) >= 11 is 0. The molecule has 4 amide bonds. The smallest absolute Gasteiger partial charge is 0.326 e. The molecule has 5 unspecified atom stereocenters. The first-order valence-corrected chi connectivity index (χ1v) is 11.1. The third kappa shape index (κ3) is 11.1. The third-order valence-electron chi connectivity index (χ3n) is 5.34. The molecule has 0 saturated carbocycles. The molecule has 13 heteroatoms. The van der Waals surface area contributed by atoms with Crippen LogP contribution >= 0.6 is 0 Å². The van der Waals surface area contributed by atoms with Crippen LogP contribution in [-0.2, 0) is 28.8 Å². The molecule has 0 aromatic rings. The minimum Gasteiger partial charge on any atom is -0.481 e. The number of carboxylic acids is 2. The maximum atomic E-state index is 12.9. The fraction of sp³-hybridized carbons (Fsp3) is 0.714. The minimum atomic E-state index is -1.29. The lowest BCUT2D eigenvalue weighted by Crippen LogP contribution is -2.59. The number of hydrogen-bond donors (Lipinski definition) is 7. The molecule has 0 aromatic heterocycles.